The van der Waals surface area contributed by atoms with Gasteiger partial charge in [0.25, 0.3) is 5.91 Å². The number of amides is 2. The molecule has 0 rings (SSSR count). The van der Waals surface area contributed by atoms with E-state index in [0.29, 0.717) is 0 Å². The van der Waals surface area contributed by atoms with Crippen molar-refractivity contribution in [2.45, 2.75) is 46.3 Å². The van der Waals surface area contributed by atoms with E-state index >= 15 is 0 Å². The number of ether oxygens (including phenoxy) is 1. The van der Waals surface area contributed by atoms with Crippen LogP contribution in [0, 0.1) is 5.92 Å². The quantitative estimate of drug-likeness (QED) is 0.607. The Kier molecular flexibility index (Phi) is 5.23. The Labute approximate surface area is 95.3 Å². The summed E-state index contributed by atoms with van der Waals surface area (Å²) in [5.41, 5.74) is 3.49. The molecule has 0 heterocycles. The maximum atomic E-state index is 11.2. The largest absolute Gasteiger partial charge is 0.443 e. The summed E-state index contributed by atoms with van der Waals surface area (Å²) >= 11 is 0. The third kappa shape index (κ3) is 6.23. The van der Waals surface area contributed by atoms with Gasteiger partial charge in [-0.25, -0.2) is 10.2 Å². The van der Waals surface area contributed by atoms with Crippen molar-refractivity contribution >= 4 is 12.0 Å². The number of hydrogen-bond acceptors (Lipinski definition) is 4. The molecule has 0 spiro atoms. The van der Waals surface area contributed by atoms with Crippen LogP contribution in [0.2, 0.25) is 0 Å². The topological polar surface area (TPSA) is 87.7 Å². The highest BCUT2D eigenvalue weighted by Gasteiger charge is 2.20. The van der Waals surface area contributed by atoms with Crippen LogP contribution >= 0.6 is 0 Å². The summed E-state index contributed by atoms with van der Waals surface area (Å²) in [6.07, 6.45) is -1.92. The summed E-state index contributed by atoms with van der Waals surface area (Å²) in [4.78, 5) is 22.3. The van der Waals surface area contributed by atoms with E-state index in [1.165, 1.54) is 0 Å². The lowest BCUT2D eigenvalue weighted by atomic mass is 10.1. The van der Waals surface area contributed by atoms with E-state index in [1.807, 2.05) is 0 Å². The van der Waals surface area contributed by atoms with E-state index in [0.717, 1.165) is 0 Å². The zero-order chi connectivity index (χ0) is 12.9. The fourth-order valence-corrected chi connectivity index (χ4v) is 0.793. The van der Waals surface area contributed by atoms with Crippen LogP contribution in [0.5, 0.6) is 0 Å². The lowest BCUT2D eigenvalue weighted by Crippen LogP contribution is -2.49. The Balaban J connectivity index is 3.98. The Morgan fingerprint density at radius 1 is 1.19 bits per heavy atom. The van der Waals surface area contributed by atoms with Crippen molar-refractivity contribution in [1.29, 1.82) is 0 Å². The minimum absolute atomic E-state index is 0.222. The van der Waals surface area contributed by atoms with E-state index in [-0.39, 0.29) is 5.92 Å². The third-order valence-corrected chi connectivity index (χ3v) is 1.59. The summed E-state index contributed by atoms with van der Waals surface area (Å²) in [6.45, 7) is 8.50. The SMILES string of the molecule is CC(C)C(O)C(=O)NNC(=O)OC(C)(C)C. The first-order valence-corrected chi connectivity index (χ1v) is 5.10. The molecule has 0 aromatic rings. The number of carbonyl (C=O) groups excluding carboxylic acids is 2. The van der Waals surface area contributed by atoms with Crippen LogP contribution in [-0.4, -0.2) is 28.8 Å². The molecule has 0 fully saturated rings. The van der Waals surface area contributed by atoms with Crippen molar-refractivity contribution in [3.8, 4) is 0 Å². The first kappa shape index (κ1) is 14.7. The molecule has 3 N–H and O–H groups in total. The van der Waals surface area contributed by atoms with E-state index in [9.17, 15) is 14.7 Å². The van der Waals surface area contributed by atoms with Gasteiger partial charge in [0.2, 0.25) is 0 Å². The normalized spacial score (nSPS) is 13.2. The molecular weight excluding hydrogens is 212 g/mol. The van der Waals surface area contributed by atoms with Crippen molar-refractivity contribution in [1.82, 2.24) is 10.9 Å². The Hall–Kier alpha value is -1.30. The Morgan fingerprint density at radius 3 is 2.06 bits per heavy atom. The van der Waals surface area contributed by atoms with Crippen molar-refractivity contribution < 1.29 is 19.4 Å². The summed E-state index contributed by atoms with van der Waals surface area (Å²) in [5, 5.41) is 9.34. The first-order chi connectivity index (χ1) is 7.13. The predicted molar refractivity (Wildman–Crippen MR) is 58.4 cm³/mol. The van der Waals surface area contributed by atoms with Gasteiger partial charge in [0.1, 0.15) is 11.7 Å². The smallest absolute Gasteiger partial charge is 0.426 e. The molecule has 0 radical (unpaired) electrons. The molecule has 1 atom stereocenters. The fraction of sp³-hybridized carbons (Fsp3) is 0.800. The zero-order valence-corrected chi connectivity index (χ0v) is 10.3. The maximum Gasteiger partial charge on any atom is 0.426 e. The van der Waals surface area contributed by atoms with Crippen LogP contribution in [0.25, 0.3) is 0 Å². The van der Waals surface area contributed by atoms with Gasteiger partial charge in [-0.1, -0.05) is 13.8 Å². The number of rotatable bonds is 2. The van der Waals surface area contributed by atoms with Crippen LogP contribution in [0.3, 0.4) is 0 Å². The van der Waals surface area contributed by atoms with Gasteiger partial charge in [-0.2, -0.15) is 0 Å². The molecule has 6 nitrogen and oxygen atoms in total. The van der Waals surface area contributed by atoms with Crippen molar-refractivity contribution in [3.05, 3.63) is 0 Å². The second-order valence-corrected chi connectivity index (χ2v) is 4.80. The van der Waals surface area contributed by atoms with Gasteiger partial charge in [0.05, 0.1) is 0 Å². The molecule has 1 unspecified atom stereocenters. The Bertz CT molecular complexity index is 258. The lowest BCUT2D eigenvalue weighted by molar-refractivity contribution is -0.132. The molecule has 0 aliphatic heterocycles. The highest BCUT2D eigenvalue weighted by Crippen LogP contribution is 2.06. The molecule has 0 saturated heterocycles. The minimum atomic E-state index is -1.16. The van der Waals surface area contributed by atoms with Gasteiger partial charge in [-0.3, -0.25) is 10.2 Å². The number of hydrazine groups is 1. The standard InChI is InChI=1S/C10H20N2O4/c1-6(2)7(13)8(14)11-12-9(15)16-10(3,4)5/h6-7,13H,1-5H3,(H,11,14)(H,12,15). The number of hydrogen-bond donors (Lipinski definition) is 3. The van der Waals surface area contributed by atoms with E-state index in [1.54, 1.807) is 34.6 Å². The second kappa shape index (κ2) is 5.69. The monoisotopic (exact) mass is 232 g/mol. The highest BCUT2D eigenvalue weighted by atomic mass is 16.6. The Morgan fingerprint density at radius 2 is 1.69 bits per heavy atom. The van der Waals surface area contributed by atoms with E-state index in [4.69, 9.17) is 4.74 Å². The van der Waals surface area contributed by atoms with Crippen LogP contribution in [0.1, 0.15) is 34.6 Å². The van der Waals surface area contributed by atoms with Gasteiger partial charge in [0, 0.05) is 0 Å². The molecule has 6 heteroatoms. The molecule has 0 bridgehead atoms. The maximum absolute atomic E-state index is 11.2. The third-order valence-electron chi connectivity index (χ3n) is 1.59. The van der Waals surface area contributed by atoms with E-state index < -0.39 is 23.7 Å². The average Bonchev–Trinajstić information content (AvgIpc) is 2.09. The summed E-state index contributed by atoms with van der Waals surface area (Å²) in [5.74, 6) is -0.888. The lowest BCUT2D eigenvalue weighted by Gasteiger charge is -2.20. The first-order valence-electron chi connectivity index (χ1n) is 5.10. The zero-order valence-electron chi connectivity index (χ0n) is 10.3. The van der Waals surface area contributed by atoms with Crippen molar-refractivity contribution in [2.24, 2.45) is 5.92 Å². The van der Waals surface area contributed by atoms with Crippen LogP contribution < -0.4 is 10.9 Å². The molecule has 2 amide bonds. The van der Waals surface area contributed by atoms with Gasteiger partial charge < -0.3 is 9.84 Å². The van der Waals surface area contributed by atoms with Crippen LogP contribution in [-0.2, 0) is 9.53 Å². The van der Waals surface area contributed by atoms with Gasteiger partial charge >= 0.3 is 6.09 Å². The number of carbonyl (C=O) groups is 2. The molecule has 0 aromatic carbocycles. The molecule has 0 aromatic heterocycles. The van der Waals surface area contributed by atoms with Crippen LogP contribution in [0.15, 0.2) is 0 Å². The average molecular weight is 232 g/mol. The number of aliphatic hydroxyl groups is 1. The molecule has 0 aliphatic carbocycles. The highest BCUT2D eigenvalue weighted by molar-refractivity contribution is 5.82. The van der Waals surface area contributed by atoms with Crippen molar-refractivity contribution in [3.63, 3.8) is 0 Å². The van der Waals surface area contributed by atoms with Gasteiger partial charge in [0.15, 0.2) is 0 Å². The van der Waals surface area contributed by atoms with Crippen LogP contribution in [0.4, 0.5) is 4.79 Å². The fourth-order valence-electron chi connectivity index (χ4n) is 0.793. The van der Waals surface area contributed by atoms with Crippen molar-refractivity contribution in [2.75, 3.05) is 0 Å². The minimum Gasteiger partial charge on any atom is -0.443 e. The molecule has 16 heavy (non-hydrogen) atoms. The molecule has 0 saturated carbocycles. The second-order valence-electron chi connectivity index (χ2n) is 4.80. The van der Waals surface area contributed by atoms with Gasteiger partial charge in [-0.15, -0.1) is 0 Å². The number of aliphatic hydroxyl groups excluding tert-OH is 1. The summed E-state index contributed by atoms with van der Waals surface area (Å²) < 4.78 is 4.88. The molecule has 0 aliphatic rings. The van der Waals surface area contributed by atoms with E-state index in [2.05, 4.69) is 10.9 Å². The predicted octanol–water partition coefficient (Wildman–Crippen LogP) is 0.559. The molecular formula is C10H20N2O4. The van der Waals surface area contributed by atoms with Gasteiger partial charge in [-0.05, 0) is 26.7 Å². The molecule has 94 valence electrons. The summed E-state index contributed by atoms with van der Waals surface area (Å²) in [7, 11) is 0. The number of nitrogens with one attached hydrogen (secondary N) is 2. The summed E-state index contributed by atoms with van der Waals surface area (Å²) in [6, 6.07) is 0.